The molecule has 0 fully saturated rings. The van der Waals surface area contributed by atoms with E-state index in [1.165, 1.54) is 36.4 Å². The number of nitrogens with one attached hydrogen (secondary N) is 1. The Kier molecular flexibility index (Phi) is 5.56. The number of esters is 1. The van der Waals surface area contributed by atoms with Crippen molar-refractivity contribution in [1.82, 2.24) is 4.98 Å². The van der Waals surface area contributed by atoms with E-state index < -0.39 is 24.3 Å². The lowest BCUT2D eigenvalue weighted by molar-refractivity contribution is -0.119. The molecule has 0 bridgehead atoms. The number of aryl methyl sites for hydroxylation is 1. The minimum atomic E-state index is -0.674. The third kappa shape index (κ3) is 4.73. The molecule has 0 aliphatic carbocycles. The number of halogens is 2. The number of carbonyl (C=O) groups excluding carboxylic acids is 2. The number of benzene rings is 2. The Hall–Kier alpha value is -3.13. The van der Waals surface area contributed by atoms with Crippen molar-refractivity contribution < 1.29 is 23.1 Å². The van der Waals surface area contributed by atoms with Gasteiger partial charge in [0, 0.05) is 11.3 Å². The van der Waals surface area contributed by atoms with Gasteiger partial charge in [0.05, 0.1) is 5.69 Å². The minimum absolute atomic E-state index is 0.268. The molecule has 0 saturated heterocycles. The molecule has 1 aromatic heterocycles. The average molecular weight is 388 g/mol. The van der Waals surface area contributed by atoms with Crippen molar-refractivity contribution in [3.63, 3.8) is 0 Å². The predicted molar refractivity (Wildman–Crippen MR) is 97.6 cm³/mol. The number of anilines is 1. The summed E-state index contributed by atoms with van der Waals surface area (Å²) in [6.45, 7) is 1.16. The van der Waals surface area contributed by atoms with Gasteiger partial charge in [-0.15, -0.1) is 11.3 Å². The molecule has 138 valence electrons. The van der Waals surface area contributed by atoms with Gasteiger partial charge in [0.25, 0.3) is 5.91 Å². The third-order valence-electron chi connectivity index (χ3n) is 3.54. The maximum Gasteiger partial charge on any atom is 0.350 e. The van der Waals surface area contributed by atoms with Crippen molar-refractivity contribution in [3.05, 3.63) is 70.7 Å². The fourth-order valence-electron chi connectivity index (χ4n) is 2.23. The Labute approximate surface area is 157 Å². The molecule has 0 atom stereocenters. The first-order valence-corrected chi connectivity index (χ1v) is 8.70. The number of nitrogens with zero attached hydrogens (tertiary/aromatic N) is 1. The van der Waals surface area contributed by atoms with E-state index in [0.717, 1.165) is 11.3 Å². The van der Waals surface area contributed by atoms with Crippen molar-refractivity contribution in [2.75, 3.05) is 11.9 Å². The van der Waals surface area contributed by atoms with Crippen LogP contribution in [0.15, 0.2) is 48.5 Å². The summed E-state index contributed by atoms with van der Waals surface area (Å²) in [5.41, 5.74) is 1.53. The number of hydrogen-bond donors (Lipinski definition) is 1. The highest BCUT2D eigenvalue weighted by molar-refractivity contribution is 7.17. The first-order valence-electron chi connectivity index (χ1n) is 7.88. The smallest absolute Gasteiger partial charge is 0.350 e. The number of carbonyl (C=O) groups is 2. The highest BCUT2D eigenvalue weighted by Gasteiger charge is 2.18. The van der Waals surface area contributed by atoms with Crippen LogP contribution in [-0.2, 0) is 9.53 Å². The van der Waals surface area contributed by atoms with Crippen molar-refractivity contribution >= 4 is 28.9 Å². The van der Waals surface area contributed by atoms with E-state index in [1.807, 2.05) is 0 Å². The van der Waals surface area contributed by atoms with E-state index in [9.17, 15) is 18.4 Å². The second-order valence-electron chi connectivity index (χ2n) is 5.57. The third-order valence-corrected chi connectivity index (χ3v) is 4.72. The number of aromatic nitrogens is 1. The molecular formula is C19H14F2N2O3S. The molecule has 5 nitrogen and oxygen atoms in total. The van der Waals surface area contributed by atoms with Crippen LogP contribution in [0.4, 0.5) is 14.5 Å². The zero-order valence-electron chi connectivity index (χ0n) is 14.2. The summed E-state index contributed by atoms with van der Waals surface area (Å²) < 4.78 is 30.9. The van der Waals surface area contributed by atoms with Crippen LogP contribution in [0.2, 0.25) is 0 Å². The lowest BCUT2D eigenvalue weighted by Gasteiger charge is -2.06. The van der Waals surface area contributed by atoms with Crippen LogP contribution < -0.4 is 5.32 Å². The van der Waals surface area contributed by atoms with Crippen LogP contribution in [0, 0.1) is 18.6 Å². The second-order valence-corrected chi connectivity index (χ2v) is 6.57. The fraction of sp³-hybridized carbons (Fsp3) is 0.105. The van der Waals surface area contributed by atoms with Crippen LogP contribution in [-0.4, -0.2) is 23.5 Å². The summed E-state index contributed by atoms with van der Waals surface area (Å²) in [6, 6.07) is 11.0. The Morgan fingerprint density at radius 3 is 2.26 bits per heavy atom. The average Bonchev–Trinajstić information content (AvgIpc) is 3.04. The first kappa shape index (κ1) is 18.7. The SMILES string of the molecule is Cc1nc(-c2ccc(F)cc2)sc1C(=O)OCC(=O)Nc1ccc(F)cc1. The van der Waals surface area contributed by atoms with Crippen molar-refractivity contribution in [2.45, 2.75) is 6.92 Å². The normalized spacial score (nSPS) is 10.5. The molecule has 1 heterocycles. The quantitative estimate of drug-likeness (QED) is 0.666. The minimum Gasteiger partial charge on any atom is -0.451 e. The molecule has 0 unspecified atom stereocenters. The molecule has 0 saturated carbocycles. The van der Waals surface area contributed by atoms with Crippen LogP contribution >= 0.6 is 11.3 Å². The molecule has 27 heavy (non-hydrogen) atoms. The maximum atomic E-state index is 13.0. The monoisotopic (exact) mass is 388 g/mol. The van der Waals surface area contributed by atoms with Gasteiger partial charge in [-0.25, -0.2) is 18.6 Å². The topological polar surface area (TPSA) is 68.3 Å². The maximum absolute atomic E-state index is 13.0. The predicted octanol–water partition coefficient (Wildman–Crippen LogP) is 4.19. The zero-order valence-corrected chi connectivity index (χ0v) is 15.0. The van der Waals surface area contributed by atoms with E-state index in [4.69, 9.17) is 4.74 Å². The van der Waals surface area contributed by atoms with Gasteiger partial charge in [-0.3, -0.25) is 4.79 Å². The Morgan fingerprint density at radius 2 is 1.63 bits per heavy atom. The summed E-state index contributed by atoms with van der Waals surface area (Å²) in [5.74, 6) is -2.00. The van der Waals surface area contributed by atoms with Gasteiger partial charge < -0.3 is 10.1 Å². The van der Waals surface area contributed by atoms with Crippen molar-refractivity contribution in [1.29, 1.82) is 0 Å². The number of amides is 1. The molecule has 0 spiro atoms. The summed E-state index contributed by atoms with van der Waals surface area (Å²) in [7, 11) is 0. The molecule has 2 aromatic carbocycles. The molecule has 0 aliphatic heterocycles. The molecule has 3 rings (SSSR count). The number of hydrogen-bond acceptors (Lipinski definition) is 5. The van der Waals surface area contributed by atoms with Crippen molar-refractivity contribution in [2.24, 2.45) is 0 Å². The van der Waals surface area contributed by atoms with Crippen LogP contribution in [0.1, 0.15) is 15.4 Å². The molecular weight excluding hydrogens is 374 g/mol. The van der Waals surface area contributed by atoms with E-state index in [2.05, 4.69) is 10.3 Å². The molecule has 8 heteroatoms. The van der Waals surface area contributed by atoms with Crippen LogP contribution in [0.3, 0.4) is 0 Å². The highest BCUT2D eigenvalue weighted by Crippen LogP contribution is 2.28. The van der Waals surface area contributed by atoms with Gasteiger partial charge >= 0.3 is 5.97 Å². The summed E-state index contributed by atoms with van der Waals surface area (Å²) in [5, 5.41) is 3.05. The fourth-order valence-corrected chi connectivity index (χ4v) is 3.19. The highest BCUT2D eigenvalue weighted by atomic mass is 32.1. The standard InChI is InChI=1S/C19H14F2N2O3S/c1-11-17(27-18(22-11)12-2-4-13(20)5-3-12)19(25)26-10-16(24)23-15-8-6-14(21)7-9-15/h2-9H,10H2,1H3,(H,23,24). The first-order chi connectivity index (χ1) is 12.9. The Bertz CT molecular complexity index is 970. The Balaban J connectivity index is 1.61. The summed E-state index contributed by atoms with van der Waals surface area (Å²) >= 11 is 1.10. The largest absolute Gasteiger partial charge is 0.451 e. The number of ether oxygens (including phenoxy) is 1. The summed E-state index contributed by atoms with van der Waals surface area (Å²) in [6.07, 6.45) is 0. The van der Waals surface area contributed by atoms with Crippen molar-refractivity contribution in [3.8, 4) is 10.6 Å². The van der Waals surface area contributed by atoms with Gasteiger partial charge in [-0.05, 0) is 55.5 Å². The number of rotatable bonds is 5. The van der Waals surface area contributed by atoms with Gasteiger partial charge in [0.15, 0.2) is 6.61 Å². The summed E-state index contributed by atoms with van der Waals surface area (Å²) in [4.78, 5) is 28.6. The van der Waals surface area contributed by atoms with E-state index in [1.54, 1.807) is 19.1 Å². The van der Waals surface area contributed by atoms with E-state index >= 15 is 0 Å². The molecule has 0 aliphatic rings. The Morgan fingerprint density at radius 1 is 1.04 bits per heavy atom. The van der Waals surface area contributed by atoms with Crippen LogP contribution in [0.5, 0.6) is 0 Å². The second kappa shape index (κ2) is 8.05. The molecule has 1 N–H and O–H groups in total. The lowest BCUT2D eigenvalue weighted by atomic mass is 10.2. The molecule has 0 radical (unpaired) electrons. The van der Waals surface area contributed by atoms with Gasteiger partial charge in [-0.2, -0.15) is 0 Å². The zero-order chi connectivity index (χ0) is 19.4. The van der Waals surface area contributed by atoms with Gasteiger partial charge in [0.1, 0.15) is 21.5 Å². The lowest BCUT2D eigenvalue weighted by Crippen LogP contribution is -2.20. The van der Waals surface area contributed by atoms with Crippen LogP contribution in [0.25, 0.3) is 10.6 Å². The van der Waals surface area contributed by atoms with E-state index in [0.29, 0.717) is 22.0 Å². The number of thiazole rings is 1. The van der Waals surface area contributed by atoms with Gasteiger partial charge in [0.2, 0.25) is 0 Å². The molecule has 3 aromatic rings. The molecule has 1 amide bonds. The van der Waals surface area contributed by atoms with Gasteiger partial charge in [-0.1, -0.05) is 0 Å². The van der Waals surface area contributed by atoms with E-state index in [-0.39, 0.29) is 10.7 Å².